The van der Waals surface area contributed by atoms with Crippen molar-refractivity contribution < 1.29 is 22.6 Å². The van der Waals surface area contributed by atoms with Gasteiger partial charge in [0.1, 0.15) is 0 Å². The third kappa shape index (κ3) is 3.84. The van der Waals surface area contributed by atoms with Crippen LogP contribution >= 0.6 is 23.2 Å². The number of ether oxygens (including phenoxy) is 2. The molecule has 0 aliphatic heterocycles. The van der Waals surface area contributed by atoms with Crippen LogP contribution in [0.15, 0.2) is 24.3 Å². The minimum Gasteiger partial charge on any atom is -0.432 e. The lowest BCUT2D eigenvalue weighted by Gasteiger charge is -2.13. The van der Waals surface area contributed by atoms with Crippen molar-refractivity contribution in [2.24, 2.45) is 0 Å². The normalized spacial score (nSPS) is 11.2. The van der Waals surface area contributed by atoms with Crippen molar-refractivity contribution in [1.29, 1.82) is 0 Å². The first kappa shape index (κ1) is 14.6. The van der Waals surface area contributed by atoms with Gasteiger partial charge in [-0.05, 0) is 23.7 Å². The van der Waals surface area contributed by atoms with Crippen LogP contribution in [0.4, 0.5) is 13.2 Å². The van der Waals surface area contributed by atoms with E-state index >= 15 is 0 Å². The van der Waals surface area contributed by atoms with Crippen molar-refractivity contribution >= 4 is 23.2 Å². The fourth-order valence-corrected chi connectivity index (χ4v) is 1.43. The Morgan fingerprint density at radius 3 is 2.30 bits per heavy atom. The lowest BCUT2D eigenvalue weighted by molar-refractivity contribution is -0.275. The lowest BCUT2D eigenvalue weighted by Crippen LogP contribution is -2.17. The minimum atomic E-state index is -4.86. The van der Waals surface area contributed by atoms with Gasteiger partial charge in [-0.25, -0.2) is 0 Å². The van der Waals surface area contributed by atoms with Crippen molar-refractivity contribution in [2.45, 2.75) is 6.36 Å². The monoisotopic (exact) mass is 325 g/mol. The van der Waals surface area contributed by atoms with Gasteiger partial charge in [-0.15, -0.1) is 23.4 Å². The standard InChI is InChI=1S/C10H4Cl2F3N3O2/c11-7-8(16-9(12)18-17-7)19-5-3-1-2-4-6(5)20-10(13,14)15/h1-4H. The van der Waals surface area contributed by atoms with Crippen LogP contribution in [-0.4, -0.2) is 21.5 Å². The molecule has 0 saturated heterocycles. The molecule has 0 aliphatic rings. The van der Waals surface area contributed by atoms with Crippen molar-refractivity contribution in [2.75, 3.05) is 0 Å². The zero-order chi connectivity index (χ0) is 14.8. The highest BCUT2D eigenvalue weighted by Crippen LogP contribution is 2.35. The van der Waals surface area contributed by atoms with E-state index in [0.717, 1.165) is 6.07 Å². The topological polar surface area (TPSA) is 57.1 Å². The summed E-state index contributed by atoms with van der Waals surface area (Å²) >= 11 is 11.1. The van der Waals surface area contributed by atoms with E-state index in [1.54, 1.807) is 0 Å². The molecule has 1 aromatic carbocycles. The van der Waals surface area contributed by atoms with E-state index in [1.807, 2.05) is 0 Å². The van der Waals surface area contributed by atoms with Gasteiger partial charge in [0.15, 0.2) is 11.5 Å². The van der Waals surface area contributed by atoms with Gasteiger partial charge in [-0.2, -0.15) is 4.98 Å². The molecule has 0 spiro atoms. The van der Waals surface area contributed by atoms with Gasteiger partial charge in [0.2, 0.25) is 10.4 Å². The first-order valence-electron chi connectivity index (χ1n) is 4.93. The first-order chi connectivity index (χ1) is 9.35. The quantitative estimate of drug-likeness (QED) is 0.857. The predicted molar refractivity (Wildman–Crippen MR) is 63.0 cm³/mol. The van der Waals surface area contributed by atoms with Crippen LogP contribution in [0.25, 0.3) is 0 Å². The van der Waals surface area contributed by atoms with E-state index in [1.165, 1.54) is 18.2 Å². The molecule has 0 fully saturated rings. The predicted octanol–water partition coefficient (Wildman–Crippen LogP) is 3.87. The smallest absolute Gasteiger partial charge is 0.432 e. The Kier molecular flexibility index (Phi) is 4.15. The zero-order valence-electron chi connectivity index (χ0n) is 9.36. The molecule has 0 atom stereocenters. The highest BCUT2D eigenvalue weighted by atomic mass is 35.5. The average Bonchev–Trinajstić information content (AvgIpc) is 2.34. The van der Waals surface area contributed by atoms with Crippen LogP contribution in [0, 0.1) is 0 Å². The highest BCUT2D eigenvalue weighted by Gasteiger charge is 2.32. The maximum atomic E-state index is 12.2. The van der Waals surface area contributed by atoms with E-state index in [9.17, 15) is 13.2 Å². The number of benzene rings is 1. The Morgan fingerprint density at radius 1 is 1.00 bits per heavy atom. The summed E-state index contributed by atoms with van der Waals surface area (Å²) in [5, 5.41) is 6.24. The van der Waals surface area contributed by atoms with Crippen molar-refractivity contribution in [3.05, 3.63) is 34.7 Å². The zero-order valence-corrected chi connectivity index (χ0v) is 10.9. The molecular formula is C10H4Cl2F3N3O2. The number of aromatic nitrogens is 3. The minimum absolute atomic E-state index is 0.247. The van der Waals surface area contributed by atoms with Crippen LogP contribution in [0.3, 0.4) is 0 Å². The Labute approximate surface area is 120 Å². The Balaban J connectivity index is 2.32. The molecule has 10 heteroatoms. The van der Waals surface area contributed by atoms with Gasteiger partial charge >= 0.3 is 6.36 Å². The molecule has 0 aliphatic carbocycles. The van der Waals surface area contributed by atoms with Gasteiger partial charge in [-0.3, -0.25) is 0 Å². The summed E-state index contributed by atoms with van der Waals surface area (Å²) in [6.45, 7) is 0. The molecule has 2 aromatic rings. The molecule has 0 bridgehead atoms. The second kappa shape index (κ2) is 5.68. The summed E-state index contributed by atoms with van der Waals surface area (Å²) in [5.74, 6) is -1.08. The molecule has 1 heterocycles. The van der Waals surface area contributed by atoms with Crippen LogP contribution in [0.2, 0.25) is 10.4 Å². The molecule has 20 heavy (non-hydrogen) atoms. The molecule has 0 amide bonds. The number of halogens is 5. The van der Waals surface area contributed by atoms with Gasteiger partial charge in [0, 0.05) is 0 Å². The second-order valence-corrected chi connectivity index (χ2v) is 3.97. The van der Waals surface area contributed by atoms with Crippen molar-refractivity contribution in [3.63, 3.8) is 0 Å². The highest BCUT2D eigenvalue weighted by molar-refractivity contribution is 6.31. The summed E-state index contributed by atoms with van der Waals surface area (Å²) in [6, 6.07) is 5.11. The average molecular weight is 326 g/mol. The summed E-state index contributed by atoms with van der Waals surface area (Å²) in [5.41, 5.74) is 0. The van der Waals surface area contributed by atoms with Gasteiger partial charge in [0.25, 0.3) is 5.88 Å². The van der Waals surface area contributed by atoms with Crippen molar-refractivity contribution in [3.8, 4) is 17.4 Å². The third-order valence-corrected chi connectivity index (χ3v) is 2.27. The summed E-state index contributed by atoms with van der Waals surface area (Å²) in [4.78, 5) is 3.61. The van der Waals surface area contributed by atoms with E-state index < -0.39 is 12.1 Å². The van der Waals surface area contributed by atoms with Crippen molar-refractivity contribution in [1.82, 2.24) is 15.2 Å². The van der Waals surface area contributed by atoms with Gasteiger partial charge in [-0.1, -0.05) is 23.7 Å². The Bertz CT molecular complexity index is 625. The molecule has 0 saturated carbocycles. The molecule has 2 rings (SSSR count). The lowest BCUT2D eigenvalue weighted by atomic mass is 10.3. The van der Waals surface area contributed by atoms with E-state index in [-0.39, 0.29) is 22.1 Å². The van der Waals surface area contributed by atoms with Crippen LogP contribution in [0.5, 0.6) is 17.4 Å². The van der Waals surface area contributed by atoms with E-state index in [0.29, 0.717) is 0 Å². The second-order valence-electron chi connectivity index (χ2n) is 3.27. The van der Waals surface area contributed by atoms with Crippen LogP contribution in [-0.2, 0) is 0 Å². The molecule has 0 unspecified atom stereocenters. The SMILES string of the molecule is FC(F)(F)Oc1ccccc1Oc1nc(Cl)nnc1Cl. The summed E-state index contributed by atoms with van der Waals surface area (Å²) < 4.78 is 45.6. The molecule has 5 nitrogen and oxygen atoms in total. The van der Waals surface area contributed by atoms with Crippen LogP contribution < -0.4 is 9.47 Å². The van der Waals surface area contributed by atoms with Crippen LogP contribution in [0.1, 0.15) is 0 Å². The number of hydrogen-bond donors (Lipinski definition) is 0. The fraction of sp³-hybridized carbons (Fsp3) is 0.100. The number of para-hydroxylation sites is 2. The largest absolute Gasteiger partial charge is 0.573 e. The fourth-order valence-electron chi connectivity index (χ4n) is 1.19. The number of nitrogens with zero attached hydrogens (tertiary/aromatic N) is 3. The molecule has 106 valence electrons. The molecule has 1 aromatic heterocycles. The van der Waals surface area contributed by atoms with E-state index in [2.05, 4.69) is 19.9 Å². The summed E-state index contributed by atoms with van der Waals surface area (Å²) in [6.07, 6.45) is -4.86. The third-order valence-electron chi connectivity index (χ3n) is 1.87. The summed E-state index contributed by atoms with van der Waals surface area (Å²) in [7, 11) is 0. The Hall–Kier alpha value is -1.80. The van der Waals surface area contributed by atoms with Gasteiger partial charge < -0.3 is 9.47 Å². The number of rotatable bonds is 3. The maximum Gasteiger partial charge on any atom is 0.573 e. The number of alkyl halides is 3. The first-order valence-corrected chi connectivity index (χ1v) is 5.69. The molecule has 0 radical (unpaired) electrons. The Morgan fingerprint density at radius 2 is 1.65 bits per heavy atom. The van der Waals surface area contributed by atoms with E-state index in [4.69, 9.17) is 27.9 Å². The maximum absolute atomic E-state index is 12.2. The number of hydrogen-bond acceptors (Lipinski definition) is 5. The molecule has 0 N–H and O–H groups in total. The molecular weight excluding hydrogens is 322 g/mol. The van der Waals surface area contributed by atoms with Gasteiger partial charge in [0.05, 0.1) is 0 Å².